The van der Waals surface area contributed by atoms with E-state index in [1.165, 1.54) is 17.6 Å². The number of hydrogen-bond acceptors (Lipinski definition) is 2. The SMILES string of the molecule is C=C(C=C1C=CC2C(CCC(CC)C(C)=O)CCC(OC(C)C(C)(C)C)C2C1(C)C)CC. The molecule has 0 radical (unpaired) electrons. The van der Waals surface area contributed by atoms with E-state index in [2.05, 4.69) is 80.2 Å². The predicted molar refractivity (Wildman–Crippen MR) is 138 cm³/mol. The third-order valence-corrected chi connectivity index (χ3v) is 8.62. The normalized spacial score (nSPS) is 30.6. The second-order valence-electron chi connectivity index (χ2n) is 12.1. The van der Waals surface area contributed by atoms with Gasteiger partial charge in [-0.05, 0) is 80.6 Å². The van der Waals surface area contributed by atoms with Crippen LogP contribution in [0.2, 0.25) is 0 Å². The molecule has 0 aliphatic heterocycles. The highest BCUT2D eigenvalue weighted by Crippen LogP contribution is 2.54. The van der Waals surface area contributed by atoms with Crippen molar-refractivity contribution in [2.24, 2.45) is 34.5 Å². The Labute approximate surface area is 199 Å². The molecule has 2 aliphatic carbocycles. The van der Waals surface area contributed by atoms with Gasteiger partial charge in [-0.15, -0.1) is 0 Å². The lowest BCUT2D eigenvalue weighted by Gasteiger charge is -2.53. The summed E-state index contributed by atoms with van der Waals surface area (Å²) in [4.78, 5) is 12.0. The highest BCUT2D eigenvalue weighted by Gasteiger charge is 2.50. The van der Waals surface area contributed by atoms with Gasteiger partial charge in [-0.2, -0.15) is 0 Å². The molecule has 0 amide bonds. The molecule has 0 aromatic rings. The monoisotopic (exact) mass is 442 g/mol. The Morgan fingerprint density at radius 1 is 1.28 bits per heavy atom. The Kier molecular flexibility index (Phi) is 9.19. The number of carbonyl (C=O) groups is 1. The molecule has 2 aliphatic rings. The van der Waals surface area contributed by atoms with Crippen molar-refractivity contribution in [3.8, 4) is 0 Å². The molecule has 6 unspecified atom stereocenters. The van der Waals surface area contributed by atoms with Crippen LogP contribution < -0.4 is 0 Å². The van der Waals surface area contributed by atoms with E-state index in [1.54, 1.807) is 6.92 Å². The molecule has 6 atom stereocenters. The molecule has 1 saturated carbocycles. The molecule has 0 saturated heterocycles. The van der Waals surface area contributed by atoms with Crippen LogP contribution in [0.4, 0.5) is 0 Å². The fourth-order valence-electron chi connectivity index (χ4n) is 5.76. The van der Waals surface area contributed by atoms with Gasteiger partial charge in [0.1, 0.15) is 5.78 Å². The average Bonchev–Trinajstić information content (AvgIpc) is 2.70. The zero-order chi connectivity index (χ0) is 24.3. The summed E-state index contributed by atoms with van der Waals surface area (Å²) in [6, 6.07) is 0. The predicted octanol–water partition coefficient (Wildman–Crippen LogP) is 8.33. The van der Waals surface area contributed by atoms with Gasteiger partial charge >= 0.3 is 0 Å². The van der Waals surface area contributed by atoms with Crippen LogP contribution in [0.1, 0.15) is 101 Å². The van der Waals surface area contributed by atoms with E-state index < -0.39 is 0 Å². The first-order chi connectivity index (χ1) is 14.8. The standard InChI is InChI=1S/C30H50O2/c1-11-20(3)19-25-16-17-26-24(14-13-23(12-2)21(4)31)15-18-27(28(26)30(25,9)10)32-22(5)29(6,7)8/h16-17,19,22-24,26-28H,3,11-15,18H2,1-2,4-10H3. The van der Waals surface area contributed by atoms with Gasteiger partial charge in [-0.3, -0.25) is 4.79 Å². The van der Waals surface area contributed by atoms with Gasteiger partial charge in [0, 0.05) is 11.8 Å². The summed E-state index contributed by atoms with van der Waals surface area (Å²) in [7, 11) is 0. The zero-order valence-electron chi connectivity index (χ0n) is 22.5. The first-order valence-electron chi connectivity index (χ1n) is 13.1. The summed E-state index contributed by atoms with van der Waals surface area (Å²) < 4.78 is 6.84. The molecule has 2 heteroatoms. The van der Waals surface area contributed by atoms with Crippen LogP contribution in [0, 0.1) is 34.5 Å². The van der Waals surface area contributed by atoms with Crippen molar-refractivity contribution in [2.45, 2.75) is 113 Å². The van der Waals surface area contributed by atoms with Crippen LogP contribution in [-0.2, 0) is 9.53 Å². The molecule has 0 aromatic carbocycles. The lowest BCUT2D eigenvalue weighted by atomic mass is 9.54. The van der Waals surface area contributed by atoms with Gasteiger partial charge in [0.05, 0.1) is 12.2 Å². The summed E-state index contributed by atoms with van der Waals surface area (Å²) in [6.07, 6.45) is 14.0. The third-order valence-electron chi connectivity index (χ3n) is 8.62. The molecular formula is C30H50O2. The maximum atomic E-state index is 12.0. The van der Waals surface area contributed by atoms with Crippen LogP contribution in [-0.4, -0.2) is 18.0 Å². The Bertz CT molecular complexity index is 718. The molecule has 0 aromatic heterocycles. The second kappa shape index (κ2) is 10.9. The number of allylic oxidation sites excluding steroid dienone is 5. The van der Waals surface area contributed by atoms with Gasteiger partial charge in [-0.25, -0.2) is 0 Å². The fourth-order valence-corrected chi connectivity index (χ4v) is 5.76. The van der Waals surface area contributed by atoms with Crippen LogP contribution in [0.15, 0.2) is 36.0 Å². The Hall–Kier alpha value is -1.15. The molecule has 0 N–H and O–H groups in total. The first kappa shape index (κ1) is 27.1. The summed E-state index contributed by atoms with van der Waals surface area (Å²) in [5.41, 5.74) is 2.74. The van der Waals surface area contributed by atoms with Crippen molar-refractivity contribution in [1.29, 1.82) is 0 Å². The summed E-state index contributed by atoms with van der Waals surface area (Å²) in [6.45, 7) is 24.2. The van der Waals surface area contributed by atoms with Crippen LogP contribution in [0.25, 0.3) is 0 Å². The summed E-state index contributed by atoms with van der Waals surface area (Å²) >= 11 is 0. The van der Waals surface area contributed by atoms with Gasteiger partial charge in [0.25, 0.3) is 0 Å². The van der Waals surface area contributed by atoms with E-state index in [0.29, 0.717) is 23.5 Å². The molecule has 32 heavy (non-hydrogen) atoms. The highest BCUT2D eigenvalue weighted by atomic mass is 16.5. The largest absolute Gasteiger partial charge is 0.374 e. The van der Waals surface area contributed by atoms with E-state index >= 15 is 0 Å². The summed E-state index contributed by atoms with van der Waals surface area (Å²) in [5, 5.41) is 0. The van der Waals surface area contributed by atoms with Gasteiger partial charge < -0.3 is 4.74 Å². The smallest absolute Gasteiger partial charge is 0.132 e. The maximum absolute atomic E-state index is 12.0. The van der Waals surface area contributed by atoms with Crippen molar-refractivity contribution < 1.29 is 9.53 Å². The molecule has 0 heterocycles. The van der Waals surface area contributed by atoms with E-state index in [1.807, 2.05) is 0 Å². The quantitative estimate of drug-likeness (QED) is 0.359. The highest BCUT2D eigenvalue weighted by molar-refractivity contribution is 5.78. The maximum Gasteiger partial charge on any atom is 0.132 e. The Morgan fingerprint density at radius 2 is 1.94 bits per heavy atom. The van der Waals surface area contributed by atoms with Crippen molar-refractivity contribution in [3.63, 3.8) is 0 Å². The number of rotatable bonds is 9. The van der Waals surface area contributed by atoms with Crippen molar-refractivity contribution in [2.75, 3.05) is 0 Å². The third kappa shape index (κ3) is 6.25. The number of fused-ring (bicyclic) bond motifs is 1. The lowest BCUT2D eigenvalue weighted by molar-refractivity contribution is -0.132. The minimum Gasteiger partial charge on any atom is -0.374 e. The second-order valence-corrected chi connectivity index (χ2v) is 12.1. The van der Waals surface area contributed by atoms with Gasteiger partial charge in [0.15, 0.2) is 0 Å². The van der Waals surface area contributed by atoms with Gasteiger partial charge in [0.2, 0.25) is 0 Å². The molecule has 2 nitrogen and oxygen atoms in total. The van der Waals surface area contributed by atoms with Crippen molar-refractivity contribution in [1.82, 2.24) is 0 Å². The minimum absolute atomic E-state index is 0.0310. The topological polar surface area (TPSA) is 26.3 Å². The lowest BCUT2D eigenvalue weighted by Crippen LogP contribution is -2.50. The van der Waals surface area contributed by atoms with E-state index in [-0.39, 0.29) is 29.0 Å². The number of ether oxygens (including phenoxy) is 1. The van der Waals surface area contributed by atoms with E-state index in [0.717, 1.165) is 32.1 Å². The molecule has 0 bridgehead atoms. The number of carbonyl (C=O) groups excluding carboxylic acids is 1. The van der Waals surface area contributed by atoms with E-state index in [9.17, 15) is 4.79 Å². The number of ketones is 1. The molecule has 182 valence electrons. The number of Topliss-reactive ketones (excluding diaryl/α,β-unsaturated/α-hetero) is 1. The van der Waals surface area contributed by atoms with Crippen LogP contribution in [0.5, 0.6) is 0 Å². The van der Waals surface area contributed by atoms with E-state index in [4.69, 9.17) is 4.74 Å². The van der Waals surface area contributed by atoms with Gasteiger partial charge in [-0.1, -0.05) is 78.8 Å². The van der Waals surface area contributed by atoms with Crippen molar-refractivity contribution >= 4 is 5.78 Å². The molecular weight excluding hydrogens is 392 g/mol. The molecule has 2 rings (SSSR count). The minimum atomic E-state index is 0.0310. The van der Waals surface area contributed by atoms with Crippen LogP contribution >= 0.6 is 0 Å². The fraction of sp³-hybridized carbons (Fsp3) is 0.767. The summed E-state index contributed by atoms with van der Waals surface area (Å²) in [5.74, 6) is 2.15. The zero-order valence-corrected chi connectivity index (χ0v) is 22.5. The molecule has 0 spiro atoms. The van der Waals surface area contributed by atoms with Crippen LogP contribution in [0.3, 0.4) is 0 Å². The van der Waals surface area contributed by atoms with Crippen molar-refractivity contribution in [3.05, 3.63) is 36.0 Å². The average molecular weight is 443 g/mol. The Morgan fingerprint density at radius 3 is 2.47 bits per heavy atom. The molecule has 1 fully saturated rings. The first-order valence-corrected chi connectivity index (χ1v) is 13.1. The Balaban J connectivity index is 2.37. The number of hydrogen-bond donors (Lipinski definition) is 0.